The second-order valence-corrected chi connectivity index (χ2v) is 8.69. The van der Waals surface area contributed by atoms with Crippen molar-refractivity contribution >= 4 is 40.5 Å². The summed E-state index contributed by atoms with van der Waals surface area (Å²) in [5.74, 6) is -1.46. The van der Waals surface area contributed by atoms with E-state index in [1.807, 2.05) is 11.4 Å². The molecule has 4 heterocycles. The Bertz CT molecular complexity index is 859. The quantitative estimate of drug-likeness (QED) is 0.596. The number of carbonyl (C=O) groups excluding carboxylic acids is 3. The Kier molecular flexibility index (Phi) is 4.42. The van der Waals surface area contributed by atoms with E-state index in [0.717, 1.165) is 22.8 Å². The molecule has 0 saturated carbocycles. The van der Waals surface area contributed by atoms with E-state index in [0.29, 0.717) is 0 Å². The summed E-state index contributed by atoms with van der Waals surface area (Å²) in [5, 5.41) is 4.12. The fourth-order valence-corrected chi connectivity index (χ4v) is 5.36. The van der Waals surface area contributed by atoms with Crippen LogP contribution >= 0.6 is 22.7 Å². The van der Waals surface area contributed by atoms with Crippen LogP contribution < -0.4 is 0 Å². The minimum atomic E-state index is -0.732. The Hall–Kier alpha value is -2.03. The molecule has 0 radical (unpaired) electrons. The van der Waals surface area contributed by atoms with Gasteiger partial charge in [0.15, 0.2) is 0 Å². The average molecular weight is 390 g/mol. The van der Waals surface area contributed by atoms with Gasteiger partial charge >= 0.3 is 17.8 Å². The summed E-state index contributed by atoms with van der Waals surface area (Å²) in [6, 6.07) is 5.37. The van der Waals surface area contributed by atoms with Crippen LogP contribution in [0.2, 0.25) is 0 Å². The van der Waals surface area contributed by atoms with Gasteiger partial charge < -0.3 is 0 Å². The molecule has 136 valence electrons. The van der Waals surface area contributed by atoms with Gasteiger partial charge in [0.25, 0.3) is 0 Å². The van der Waals surface area contributed by atoms with Crippen molar-refractivity contribution in [3.8, 4) is 0 Å². The lowest BCUT2D eigenvalue weighted by atomic mass is 9.99. The van der Waals surface area contributed by atoms with Gasteiger partial charge in [-0.1, -0.05) is 6.07 Å². The molecule has 8 heteroatoms. The summed E-state index contributed by atoms with van der Waals surface area (Å²) in [4.78, 5) is 43.9. The first-order valence-electron chi connectivity index (χ1n) is 8.51. The maximum Gasteiger partial charge on any atom is 0.335 e. The van der Waals surface area contributed by atoms with E-state index in [1.165, 1.54) is 15.3 Å². The number of rotatable bonds is 4. The topological polar surface area (TPSA) is 60.9 Å². The molecule has 0 spiro atoms. The van der Waals surface area contributed by atoms with Crippen LogP contribution in [0.25, 0.3) is 0 Å². The van der Waals surface area contributed by atoms with Crippen molar-refractivity contribution in [2.75, 3.05) is 13.2 Å². The van der Waals surface area contributed by atoms with E-state index in [-0.39, 0.29) is 18.8 Å². The molecule has 0 unspecified atom stereocenters. The van der Waals surface area contributed by atoms with E-state index in [9.17, 15) is 14.4 Å². The molecule has 6 nitrogen and oxygen atoms in total. The first-order valence-corrected chi connectivity index (χ1v) is 10.3. The molecule has 4 rings (SSSR count). The third kappa shape index (κ3) is 2.69. The van der Waals surface area contributed by atoms with E-state index >= 15 is 0 Å². The number of carbonyl (C=O) groups is 3. The van der Waals surface area contributed by atoms with Crippen LogP contribution in [0, 0.1) is 0 Å². The van der Waals surface area contributed by atoms with E-state index in [4.69, 9.17) is 0 Å². The molecular formula is C18H19N3O3S2. The minimum absolute atomic E-state index is 0.00815. The second-order valence-electron chi connectivity index (χ2n) is 6.71. The number of hydrogen-bond acceptors (Lipinski definition) is 6. The zero-order valence-electron chi connectivity index (χ0n) is 14.5. The molecule has 4 amide bonds. The van der Waals surface area contributed by atoms with Crippen LogP contribution in [0.4, 0.5) is 4.79 Å². The fourth-order valence-electron chi connectivity index (χ4n) is 3.58. The molecule has 2 aromatic rings. The van der Waals surface area contributed by atoms with E-state index in [2.05, 4.69) is 22.4 Å². The zero-order chi connectivity index (χ0) is 18.4. The van der Waals surface area contributed by atoms with Crippen molar-refractivity contribution < 1.29 is 14.4 Å². The van der Waals surface area contributed by atoms with Crippen LogP contribution in [0.3, 0.4) is 0 Å². The van der Waals surface area contributed by atoms with Crippen LogP contribution in [-0.4, -0.2) is 51.8 Å². The zero-order valence-corrected chi connectivity index (χ0v) is 16.2. The average Bonchev–Trinajstić information content (AvgIpc) is 3.32. The van der Waals surface area contributed by atoms with Crippen LogP contribution in [0.5, 0.6) is 0 Å². The minimum Gasteiger partial charge on any atom is -0.273 e. The van der Waals surface area contributed by atoms with E-state index < -0.39 is 17.8 Å². The Morgan fingerprint density at radius 2 is 1.92 bits per heavy atom. The number of thiophene rings is 2. The molecule has 2 aliphatic heterocycles. The predicted molar refractivity (Wildman–Crippen MR) is 100.0 cm³/mol. The van der Waals surface area contributed by atoms with Crippen molar-refractivity contribution in [3.05, 3.63) is 44.3 Å². The summed E-state index contributed by atoms with van der Waals surface area (Å²) in [6.07, 6.45) is 0.882. The van der Waals surface area contributed by atoms with Crippen molar-refractivity contribution in [2.45, 2.75) is 32.4 Å². The van der Waals surface area contributed by atoms with Gasteiger partial charge in [-0.3, -0.25) is 19.4 Å². The maximum absolute atomic E-state index is 12.6. The molecule has 26 heavy (non-hydrogen) atoms. The molecule has 0 N–H and O–H groups in total. The highest BCUT2D eigenvalue weighted by Gasteiger charge is 2.47. The van der Waals surface area contributed by atoms with Gasteiger partial charge in [-0.2, -0.15) is 0 Å². The predicted octanol–water partition coefficient (Wildman–Crippen LogP) is 2.91. The third-order valence-corrected chi connectivity index (χ3v) is 6.72. The summed E-state index contributed by atoms with van der Waals surface area (Å²) in [7, 11) is 0. The van der Waals surface area contributed by atoms with Gasteiger partial charge in [-0.25, -0.2) is 9.69 Å². The van der Waals surface area contributed by atoms with Crippen molar-refractivity contribution in [1.82, 2.24) is 14.7 Å². The smallest absolute Gasteiger partial charge is 0.273 e. The molecule has 0 aromatic carbocycles. The number of urea groups is 1. The number of amides is 4. The molecule has 2 aromatic heterocycles. The highest BCUT2D eigenvalue weighted by Crippen LogP contribution is 2.39. The molecular weight excluding hydrogens is 370 g/mol. The lowest BCUT2D eigenvalue weighted by molar-refractivity contribution is -0.144. The van der Waals surface area contributed by atoms with Gasteiger partial charge in [-0.05, 0) is 48.7 Å². The van der Waals surface area contributed by atoms with Gasteiger partial charge in [0.1, 0.15) is 0 Å². The van der Waals surface area contributed by atoms with Crippen LogP contribution in [-0.2, 0) is 16.0 Å². The molecule has 1 atom stereocenters. The standard InChI is InChI=1S/C18H19N3O3S2/c1-11(2)21-17(23)16(22)20(18(21)24)10-19-7-5-13-12(6-9-26-13)15(19)14-4-3-8-25-14/h3-4,6,8-9,11,15H,5,7,10H2,1-2H3/t15-/m1/s1. The molecule has 0 aliphatic carbocycles. The molecule has 1 saturated heterocycles. The second kappa shape index (κ2) is 6.61. The summed E-state index contributed by atoms with van der Waals surface area (Å²) in [6.45, 7) is 4.34. The molecule has 0 bridgehead atoms. The third-order valence-electron chi connectivity index (χ3n) is 4.80. The Balaban J connectivity index is 1.64. The van der Waals surface area contributed by atoms with Gasteiger partial charge in [0, 0.05) is 22.3 Å². The van der Waals surface area contributed by atoms with Crippen LogP contribution in [0.15, 0.2) is 29.0 Å². The van der Waals surface area contributed by atoms with Crippen molar-refractivity contribution in [1.29, 1.82) is 0 Å². The largest absolute Gasteiger partial charge is 0.335 e. The Morgan fingerprint density at radius 3 is 2.58 bits per heavy atom. The van der Waals surface area contributed by atoms with Crippen LogP contribution in [0.1, 0.15) is 35.2 Å². The highest BCUT2D eigenvalue weighted by atomic mass is 32.1. The lowest BCUT2D eigenvalue weighted by Crippen LogP contribution is -2.46. The first-order chi connectivity index (χ1) is 12.5. The van der Waals surface area contributed by atoms with Gasteiger partial charge in [0.2, 0.25) is 0 Å². The van der Waals surface area contributed by atoms with Crippen molar-refractivity contribution in [3.63, 3.8) is 0 Å². The SMILES string of the molecule is CC(C)N1C(=O)C(=O)N(CN2CCc3sccc3[C@@H]2c2cccs2)C1=O. The fraction of sp³-hybridized carbons (Fsp3) is 0.389. The molecule has 1 fully saturated rings. The number of fused-ring (bicyclic) bond motifs is 1. The first kappa shape index (κ1) is 17.4. The summed E-state index contributed by atoms with van der Waals surface area (Å²) < 4.78 is 0. The number of imide groups is 2. The summed E-state index contributed by atoms with van der Waals surface area (Å²) >= 11 is 3.41. The maximum atomic E-state index is 12.6. The summed E-state index contributed by atoms with van der Waals surface area (Å²) in [5.41, 5.74) is 1.23. The highest BCUT2D eigenvalue weighted by molar-refractivity contribution is 7.10. The van der Waals surface area contributed by atoms with E-state index in [1.54, 1.807) is 36.5 Å². The Labute approximate surface area is 159 Å². The monoisotopic (exact) mass is 389 g/mol. The molecule has 2 aliphatic rings. The van der Waals surface area contributed by atoms with Gasteiger partial charge in [-0.15, -0.1) is 22.7 Å². The normalized spacial score (nSPS) is 21.2. The van der Waals surface area contributed by atoms with Crippen molar-refractivity contribution in [2.24, 2.45) is 0 Å². The number of hydrogen-bond donors (Lipinski definition) is 0. The Morgan fingerprint density at radius 1 is 1.12 bits per heavy atom. The lowest BCUT2D eigenvalue weighted by Gasteiger charge is -2.37. The van der Waals surface area contributed by atoms with Gasteiger partial charge in [0.05, 0.1) is 12.7 Å². The number of nitrogens with zero attached hydrogens (tertiary/aromatic N) is 3.